The first-order valence-corrected chi connectivity index (χ1v) is 15.6. The normalized spacial score (nSPS) is 19.9. The molecule has 2 aromatic heterocycles. The van der Waals surface area contributed by atoms with Crippen LogP contribution in [0, 0.1) is 12.3 Å². The Balaban J connectivity index is 1.30. The molecule has 2 saturated heterocycles. The van der Waals surface area contributed by atoms with E-state index in [1.165, 1.54) is 17.6 Å². The third kappa shape index (κ3) is 6.13. The van der Waals surface area contributed by atoms with Crippen molar-refractivity contribution in [3.8, 4) is 17.1 Å². The van der Waals surface area contributed by atoms with Crippen LogP contribution < -0.4 is 14.5 Å². The third-order valence-corrected chi connectivity index (χ3v) is 9.60. The first-order valence-electron chi connectivity index (χ1n) is 14.0. The van der Waals surface area contributed by atoms with Crippen LogP contribution in [0.15, 0.2) is 30.5 Å². The standard InChI is InChI=1S/C27H34F2N8O3S/c1-19-16-24(32-25(31-19)36-12-8-27(28,29)9-13-36)37-30-18-22(33-37)21-3-2-20(34-41(39,40)15-14-38)17-23(21)35-10-6-26(4-5-26)7-11-35/h2-3,16-18,34,38H,4-15H2,1H3. The lowest BCUT2D eigenvalue weighted by Gasteiger charge is -2.35. The second-order valence-corrected chi connectivity index (χ2v) is 13.2. The van der Waals surface area contributed by atoms with E-state index in [2.05, 4.69) is 24.7 Å². The van der Waals surface area contributed by atoms with Gasteiger partial charge in [-0.3, -0.25) is 4.72 Å². The Morgan fingerprint density at radius 1 is 0.976 bits per heavy atom. The van der Waals surface area contributed by atoms with E-state index in [9.17, 15) is 17.2 Å². The number of halogens is 2. The van der Waals surface area contributed by atoms with Gasteiger partial charge in [0.1, 0.15) is 5.69 Å². The highest BCUT2D eigenvalue weighted by molar-refractivity contribution is 7.92. The van der Waals surface area contributed by atoms with Crippen molar-refractivity contribution in [2.75, 3.05) is 53.1 Å². The van der Waals surface area contributed by atoms with Crippen LogP contribution in [-0.2, 0) is 10.0 Å². The van der Waals surface area contributed by atoms with Crippen LogP contribution in [0.1, 0.15) is 44.2 Å². The molecule has 0 amide bonds. The summed E-state index contributed by atoms with van der Waals surface area (Å²) in [6.45, 7) is 3.40. The Hall–Kier alpha value is -3.39. The predicted octanol–water partition coefficient (Wildman–Crippen LogP) is 3.38. The molecule has 1 aliphatic carbocycles. The van der Waals surface area contributed by atoms with Crippen molar-refractivity contribution in [2.24, 2.45) is 5.41 Å². The second-order valence-electron chi connectivity index (χ2n) is 11.4. The van der Waals surface area contributed by atoms with E-state index in [0.717, 1.165) is 37.2 Å². The summed E-state index contributed by atoms with van der Waals surface area (Å²) in [5.41, 5.74) is 3.80. The van der Waals surface area contributed by atoms with E-state index in [4.69, 9.17) is 10.2 Å². The molecule has 0 bridgehead atoms. The molecule has 1 saturated carbocycles. The molecule has 3 aromatic rings. The lowest BCUT2D eigenvalue weighted by molar-refractivity contribution is -0.0222. The van der Waals surface area contributed by atoms with Gasteiger partial charge >= 0.3 is 0 Å². The fourth-order valence-electron chi connectivity index (χ4n) is 5.63. The maximum absolute atomic E-state index is 13.7. The summed E-state index contributed by atoms with van der Waals surface area (Å²) in [6.07, 6.45) is 5.87. The van der Waals surface area contributed by atoms with Gasteiger partial charge in [0.2, 0.25) is 16.0 Å². The van der Waals surface area contributed by atoms with Gasteiger partial charge in [-0.1, -0.05) is 0 Å². The minimum absolute atomic E-state index is 0.169. The predicted molar refractivity (Wildman–Crippen MR) is 151 cm³/mol. The number of nitrogens with zero attached hydrogens (tertiary/aromatic N) is 7. The number of benzene rings is 1. The van der Waals surface area contributed by atoms with Crippen LogP contribution in [0.25, 0.3) is 17.1 Å². The summed E-state index contributed by atoms with van der Waals surface area (Å²) in [5.74, 6) is -2.25. The number of hydrogen-bond acceptors (Lipinski definition) is 9. The summed E-state index contributed by atoms with van der Waals surface area (Å²) >= 11 is 0. The number of hydrogen-bond donors (Lipinski definition) is 2. The van der Waals surface area contributed by atoms with Crippen molar-refractivity contribution in [2.45, 2.75) is 51.4 Å². The van der Waals surface area contributed by atoms with Crippen LogP contribution in [0.5, 0.6) is 0 Å². The number of aryl methyl sites for hydroxylation is 1. The maximum atomic E-state index is 13.7. The zero-order valence-corrected chi connectivity index (χ0v) is 23.7. The van der Waals surface area contributed by atoms with Crippen molar-refractivity contribution in [3.05, 3.63) is 36.2 Å². The van der Waals surface area contributed by atoms with Gasteiger partial charge in [0.15, 0.2) is 5.82 Å². The van der Waals surface area contributed by atoms with Crippen LogP contribution in [-0.4, -0.2) is 82.9 Å². The molecule has 0 atom stereocenters. The first-order chi connectivity index (χ1) is 19.5. The molecule has 3 aliphatic rings. The molecule has 41 heavy (non-hydrogen) atoms. The van der Waals surface area contributed by atoms with Crippen LogP contribution in [0.3, 0.4) is 0 Å². The molecule has 1 aromatic carbocycles. The number of piperidine rings is 2. The lowest BCUT2D eigenvalue weighted by Crippen LogP contribution is -2.40. The fraction of sp³-hybridized carbons (Fsp3) is 0.556. The van der Waals surface area contributed by atoms with Crippen molar-refractivity contribution in [3.63, 3.8) is 0 Å². The second kappa shape index (κ2) is 10.5. The highest BCUT2D eigenvalue weighted by atomic mass is 32.2. The summed E-state index contributed by atoms with van der Waals surface area (Å²) in [7, 11) is -3.68. The van der Waals surface area contributed by atoms with Crippen LogP contribution in [0.4, 0.5) is 26.1 Å². The Morgan fingerprint density at radius 3 is 2.37 bits per heavy atom. The Kier molecular flexibility index (Phi) is 7.09. The van der Waals surface area contributed by atoms with Crippen molar-refractivity contribution >= 4 is 27.3 Å². The summed E-state index contributed by atoms with van der Waals surface area (Å²) in [5, 5.41) is 18.3. The molecule has 6 rings (SSSR count). The molecule has 0 radical (unpaired) electrons. The monoisotopic (exact) mass is 588 g/mol. The van der Waals surface area contributed by atoms with Crippen molar-refractivity contribution < 1.29 is 22.3 Å². The summed E-state index contributed by atoms with van der Waals surface area (Å²) in [4.78, 5) is 14.5. The van der Waals surface area contributed by atoms with Crippen molar-refractivity contribution in [1.29, 1.82) is 0 Å². The largest absolute Gasteiger partial charge is 0.395 e. The van der Waals surface area contributed by atoms with Gasteiger partial charge in [0.05, 0.1) is 24.2 Å². The minimum atomic E-state index is -3.68. The van der Waals surface area contributed by atoms with E-state index in [0.29, 0.717) is 34.3 Å². The molecule has 1 spiro atoms. The van der Waals surface area contributed by atoms with E-state index in [1.807, 2.05) is 19.1 Å². The molecule has 2 aliphatic heterocycles. The average molecular weight is 589 g/mol. The Morgan fingerprint density at radius 2 is 1.68 bits per heavy atom. The van der Waals surface area contributed by atoms with Crippen molar-refractivity contribution in [1.82, 2.24) is 25.0 Å². The number of aliphatic hydroxyl groups excluding tert-OH is 1. The number of rotatable bonds is 8. The van der Waals surface area contributed by atoms with Crippen LogP contribution >= 0.6 is 0 Å². The average Bonchev–Trinajstić information content (AvgIpc) is 3.48. The molecule has 4 heterocycles. The number of anilines is 3. The Bertz CT molecular complexity index is 1520. The molecule has 3 fully saturated rings. The molecule has 0 unspecified atom stereocenters. The van der Waals surface area contributed by atoms with Gasteiger partial charge in [0.25, 0.3) is 5.92 Å². The van der Waals surface area contributed by atoms with E-state index in [1.54, 1.807) is 23.2 Å². The minimum Gasteiger partial charge on any atom is -0.395 e. The van der Waals surface area contributed by atoms with Gasteiger partial charge in [-0.2, -0.15) is 10.1 Å². The zero-order valence-electron chi connectivity index (χ0n) is 22.9. The van der Waals surface area contributed by atoms with Gasteiger partial charge in [-0.05, 0) is 56.2 Å². The van der Waals surface area contributed by atoms with E-state index < -0.39 is 22.6 Å². The number of sulfonamides is 1. The smallest absolute Gasteiger partial charge is 0.251 e. The van der Waals surface area contributed by atoms with Gasteiger partial charge in [-0.25, -0.2) is 22.2 Å². The van der Waals surface area contributed by atoms with Gasteiger partial charge in [0, 0.05) is 62.0 Å². The highest BCUT2D eigenvalue weighted by Crippen LogP contribution is 2.54. The zero-order chi connectivity index (χ0) is 28.8. The van der Waals surface area contributed by atoms with Crippen LogP contribution in [0.2, 0.25) is 0 Å². The highest BCUT2D eigenvalue weighted by Gasteiger charge is 2.44. The fourth-order valence-corrected chi connectivity index (χ4v) is 6.46. The van der Waals surface area contributed by atoms with E-state index >= 15 is 0 Å². The number of aliphatic hydroxyl groups is 1. The van der Waals surface area contributed by atoms with Gasteiger partial charge in [-0.15, -0.1) is 9.90 Å². The Labute approximate surface area is 237 Å². The molecular weight excluding hydrogens is 554 g/mol. The summed E-state index contributed by atoms with van der Waals surface area (Å²) in [6, 6.07) is 7.06. The summed E-state index contributed by atoms with van der Waals surface area (Å²) < 4.78 is 54.6. The van der Waals surface area contributed by atoms with E-state index in [-0.39, 0.29) is 31.7 Å². The molecule has 11 nitrogen and oxygen atoms in total. The maximum Gasteiger partial charge on any atom is 0.251 e. The number of aromatic nitrogens is 5. The number of nitrogens with one attached hydrogen (secondary N) is 1. The van der Waals surface area contributed by atoms with Gasteiger partial charge < -0.3 is 14.9 Å². The first kappa shape index (κ1) is 27.8. The number of alkyl halides is 2. The quantitative estimate of drug-likeness (QED) is 0.407. The molecule has 14 heteroatoms. The molecular formula is C27H34F2N8O3S. The SMILES string of the molecule is Cc1cc(-n2ncc(-c3ccc(NS(=O)(=O)CCO)cc3N3CCC4(CC3)CC4)n2)nc(N2CCC(F)(F)CC2)n1. The molecule has 220 valence electrons. The third-order valence-electron chi connectivity index (χ3n) is 8.33. The lowest BCUT2D eigenvalue weighted by atomic mass is 9.93. The topological polar surface area (TPSA) is 129 Å². The molecule has 2 N–H and O–H groups in total.